The molecule has 3 fully saturated rings. The molecule has 4 aliphatic rings. The van der Waals surface area contributed by atoms with E-state index < -0.39 is 5.97 Å². The van der Waals surface area contributed by atoms with Gasteiger partial charge < -0.3 is 19.7 Å². The Hall–Kier alpha value is -1.40. The molecule has 0 saturated heterocycles. The van der Waals surface area contributed by atoms with E-state index in [2.05, 4.69) is 45.4 Å². The second-order valence-electron chi connectivity index (χ2n) is 14.3. The number of allylic oxidation sites excluding steroid dienone is 1. The van der Waals surface area contributed by atoms with Crippen LogP contribution in [0.15, 0.2) is 11.6 Å². The summed E-state index contributed by atoms with van der Waals surface area (Å²) in [7, 11) is 1.55. The fourth-order valence-electron chi connectivity index (χ4n) is 9.30. The molecule has 0 spiro atoms. The summed E-state index contributed by atoms with van der Waals surface area (Å²) in [5.74, 6) is 3.68. The first kappa shape index (κ1) is 33.1. The molecule has 40 heavy (non-hydrogen) atoms. The average Bonchev–Trinajstić information content (AvgIpc) is 3.25. The number of carboxylic acid groups (broad SMARTS) is 1. The monoisotopic (exact) mass is 562 g/mol. The molecule has 0 aromatic rings. The number of rotatable bonds is 11. The maximum absolute atomic E-state index is 12.1. The van der Waals surface area contributed by atoms with Crippen molar-refractivity contribution in [1.82, 2.24) is 0 Å². The molecule has 230 valence electrons. The highest BCUT2D eigenvalue weighted by molar-refractivity contribution is 5.76. The summed E-state index contributed by atoms with van der Waals surface area (Å²) < 4.78 is 10.1. The van der Waals surface area contributed by atoms with Crippen LogP contribution in [0.2, 0.25) is 0 Å². The Balaban J connectivity index is 0.000000810. The van der Waals surface area contributed by atoms with E-state index in [0.29, 0.717) is 12.0 Å². The summed E-state index contributed by atoms with van der Waals surface area (Å²) in [6, 6.07) is 0. The number of carbonyl (C=O) groups excluding carboxylic acids is 1. The van der Waals surface area contributed by atoms with Crippen molar-refractivity contribution in [3.63, 3.8) is 0 Å². The topological polar surface area (TPSA) is 93.1 Å². The van der Waals surface area contributed by atoms with E-state index in [1.165, 1.54) is 56.9 Å². The number of carboxylic acids is 1. The number of methoxy groups -OCH3 is 1. The minimum atomic E-state index is -0.942. The molecule has 6 nitrogen and oxygen atoms in total. The maximum atomic E-state index is 12.1. The Labute approximate surface area is 243 Å². The van der Waals surface area contributed by atoms with Crippen molar-refractivity contribution in [3.8, 4) is 0 Å². The standard InChI is InChI=1S/C31H50O4.C3H8O2/c1-20(2)7-6-8-21(3)25-11-12-26-24-10-9-22-19-23(35-29(34)14-13-28(32)33)15-17-30(22,4)27(24)16-18-31(25,26)5;1-5-3-2-4/h9,20-21,23-27H,6-8,10-19H2,1-5H3,(H,32,33);4H,2-3H2,1H3/t21-,23+,24+,25-,26+,27+,30+,31-;/m1./s1. The molecule has 0 aliphatic heterocycles. The van der Waals surface area contributed by atoms with E-state index in [-0.39, 0.29) is 36.9 Å². The number of hydrogen-bond acceptors (Lipinski definition) is 5. The van der Waals surface area contributed by atoms with E-state index in [1.54, 1.807) is 7.11 Å². The molecule has 0 bridgehead atoms. The number of fused-ring (bicyclic) bond motifs is 5. The smallest absolute Gasteiger partial charge is 0.306 e. The van der Waals surface area contributed by atoms with Crippen molar-refractivity contribution in [2.75, 3.05) is 20.3 Å². The highest BCUT2D eigenvalue weighted by Gasteiger charge is 2.59. The zero-order valence-corrected chi connectivity index (χ0v) is 26.3. The number of carbonyl (C=O) groups is 2. The molecule has 4 aliphatic carbocycles. The van der Waals surface area contributed by atoms with Gasteiger partial charge in [0.2, 0.25) is 0 Å². The molecule has 8 atom stereocenters. The fourth-order valence-corrected chi connectivity index (χ4v) is 9.30. The SMILES string of the molecule is CC(C)CCC[C@@H](C)[C@H]1CC[C@H]2[C@@H]3CC=C4C[C@@H](OC(=O)CCC(=O)O)CC[C@]4(C)[C@H]3CC[C@]12C.COCCO. The predicted molar refractivity (Wildman–Crippen MR) is 159 cm³/mol. The lowest BCUT2D eigenvalue weighted by Gasteiger charge is -2.58. The molecule has 0 unspecified atom stereocenters. The van der Waals surface area contributed by atoms with Crippen LogP contribution in [0.4, 0.5) is 0 Å². The Bertz CT molecular complexity index is 864. The van der Waals surface area contributed by atoms with Gasteiger partial charge in [0.1, 0.15) is 6.10 Å². The van der Waals surface area contributed by atoms with Crippen molar-refractivity contribution in [2.45, 2.75) is 124 Å². The third-order valence-electron chi connectivity index (χ3n) is 11.4. The number of aliphatic carboxylic acids is 1. The molecule has 0 heterocycles. The van der Waals surface area contributed by atoms with Crippen molar-refractivity contribution < 1.29 is 29.3 Å². The molecule has 2 N–H and O–H groups in total. The predicted octanol–water partition coefficient (Wildman–Crippen LogP) is 7.43. The Morgan fingerprint density at radius 3 is 2.40 bits per heavy atom. The average molecular weight is 563 g/mol. The van der Waals surface area contributed by atoms with Crippen LogP contribution in [-0.4, -0.2) is 48.6 Å². The van der Waals surface area contributed by atoms with Gasteiger partial charge in [-0.15, -0.1) is 0 Å². The quantitative estimate of drug-likeness (QED) is 0.201. The Morgan fingerprint density at radius 1 is 1.02 bits per heavy atom. The van der Waals surface area contributed by atoms with Crippen LogP contribution >= 0.6 is 0 Å². The highest BCUT2D eigenvalue weighted by Crippen LogP contribution is 2.67. The largest absolute Gasteiger partial charge is 0.481 e. The van der Waals surface area contributed by atoms with Gasteiger partial charge in [0.15, 0.2) is 0 Å². The minimum absolute atomic E-state index is 0.0236. The van der Waals surface area contributed by atoms with Crippen LogP contribution in [0.5, 0.6) is 0 Å². The molecule has 0 aromatic carbocycles. The Morgan fingerprint density at radius 2 is 1.77 bits per heavy atom. The minimum Gasteiger partial charge on any atom is -0.481 e. The number of ether oxygens (including phenoxy) is 2. The van der Waals surface area contributed by atoms with E-state index >= 15 is 0 Å². The molecule has 0 amide bonds. The molecular weight excluding hydrogens is 504 g/mol. The van der Waals surface area contributed by atoms with Crippen LogP contribution < -0.4 is 0 Å². The summed E-state index contributed by atoms with van der Waals surface area (Å²) in [5, 5.41) is 16.8. The van der Waals surface area contributed by atoms with E-state index in [1.807, 2.05) is 0 Å². The third-order valence-corrected chi connectivity index (χ3v) is 11.4. The van der Waals surface area contributed by atoms with E-state index in [4.69, 9.17) is 14.9 Å². The van der Waals surface area contributed by atoms with Crippen molar-refractivity contribution in [2.24, 2.45) is 46.3 Å². The van der Waals surface area contributed by atoms with Gasteiger partial charge in [0.25, 0.3) is 0 Å². The van der Waals surface area contributed by atoms with E-state index in [0.717, 1.165) is 54.8 Å². The van der Waals surface area contributed by atoms with Crippen LogP contribution in [0, 0.1) is 46.3 Å². The first-order chi connectivity index (χ1) is 19.0. The molecule has 4 rings (SSSR count). The lowest BCUT2D eigenvalue weighted by atomic mass is 9.47. The second kappa shape index (κ2) is 14.7. The van der Waals surface area contributed by atoms with Crippen molar-refractivity contribution >= 4 is 11.9 Å². The maximum Gasteiger partial charge on any atom is 0.306 e. The number of hydrogen-bond donors (Lipinski definition) is 2. The van der Waals surface area contributed by atoms with Crippen LogP contribution in [0.25, 0.3) is 0 Å². The summed E-state index contributed by atoms with van der Waals surface area (Å²) >= 11 is 0. The van der Waals surface area contributed by atoms with Gasteiger partial charge >= 0.3 is 11.9 Å². The zero-order valence-electron chi connectivity index (χ0n) is 26.3. The normalized spacial score (nSPS) is 35.4. The molecule has 6 heteroatoms. The number of aliphatic hydroxyl groups is 1. The summed E-state index contributed by atoms with van der Waals surface area (Å²) in [6.45, 7) is 13.0. The molecule has 3 saturated carbocycles. The van der Waals surface area contributed by atoms with Crippen LogP contribution in [0.1, 0.15) is 118 Å². The van der Waals surface area contributed by atoms with Gasteiger partial charge in [0, 0.05) is 13.5 Å². The van der Waals surface area contributed by atoms with Gasteiger partial charge in [-0.1, -0.05) is 65.5 Å². The zero-order chi connectivity index (χ0) is 29.5. The summed E-state index contributed by atoms with van der Waals surface area (Å²) in [5.41, 5.74) is 2.27. The van der Waals surface area contributed by atoms with Crippen LogP contribution in [-0.2, 0) is 19.1 Å². The first-order valence-electron chi connectivity index (χ1n) is 16.2. The number of aliphatic hydroxyl groups excluding tert-OH is 1. The molecular formula is C34H58O6. The lowest BCUT2D eigenvalue weighted by Crippen LogP contribution is -2.51. The van der Waals surface area contributed by atoms with Gasteiger partial charge in [-0.05, 0) is 91.3 Å². The lowest BCUT2D eigenvalue weighted by molar-refractivity contribution is -0.154. The first-order valence-corrected chi connectivity index (χ1v) is 16.2. The van der Waals surface area contributed by atoms with Gasteiger partial charge in [-0.3, -0.25) is 9.59 Å². The Kier molecular flexibility index (Phi) is 12.1. The van der Waals surface area contributed by atoms with Gasteiger partial charge in [0.05, 0.1) is 26.1 Å². The van der Waals surface area contributed by atoms with Gasteiger partial charge in [-0.2, -0.15) is 0 Å². The summed E-state index contributed by atoms with van der Waals surface area (Å²) in [4.78, 5) is 22.9. The van der Waals surface area contributed by atoms with Gasteiger partial charge in [-0.25, -0.2) is 0 Å². The van der Waals surface area contributed by atoms with E-state index in [9.17, 15) is 9.59 Å². The summed E-state index contributed by atoms with van der Waals surface area (Å²) in [6.07, 6.45) is 16.0. The van der Waals surface area contributed by atoms with Crippen molar-refractivity contribution in [1.29, 1.82) is 0 Å². The van der Waals surface area contributed by atoms with Crippen LogP contribution in [0.3, 0.4) is 0 Å². The number of esters is 1. The van der Waals surface area contributed by atoms with Crippen molar-refractivity contribution in [3.05, 3.63) is 11.6 Å². The third kappa shape index (κ3) is 7.70. The molecule has 0 aromatic heterocycles. The fraction of sp³-hybridized carbons (Fsp3) is 0.882. The highest BCUT2D eigenvalue weighted by atomic mass is 16.5. The second-order valence-corrected chi connectivity index (χ2v) is 14.3. The molecule has 0 radical (unpaired) electrons.